The molecular weight excluding hydrogens is 293 g/mol. The molecule has 2 rings (SSSR count). The molecule has 18 heavy (non-hydrogen) atoms. The maximum atomic E-state index is 13.5. The highest BCUT2D eigenvalue weighted by molar-refractivity contribution is 9.10. The van der Waals surface area contributed by atoms with Crippen LogP contribution >= 0.6 is 15.9 Å². The monoisotopic (exact) mass is 313 g/mol. The van der Waals surface area contributed by atoms with Crippen LogP contribution in [0.5, 0.6) is 0 Å². The van der Waals surface area contributed by atoms with E-state index in [0.717, 1.165) is 31.0 Å². The van der Waals surface area contributed by atoms with Gasteiger partial charge in [0.05, 0.1) is 4.47 Å². The summed E-state index contributed by atoms with van der Waals surface area (Å²) in [6.07, 6.45) is 4.62. The number of hydrogen-bond acceptors (Lipinski definition) is 1. The first-order valence-corrected chi connectivity index (χ1v) is 7.50. The Labute approximate surface area is 117 Å². The molecule has 0 aromatic heterocycles. The molecule has 1 saturated carbocycles. The van der Waals surface area contributed by atoms with Gasteiger partial charge in [-0.05, 0) is 58.7 Å². The van der Waals surface area contributed by atoms with Gasteiger partial charge in [0.1, 0.15) is 5.82 Å². The highest BCUT2D eigenvalue weighted by Gasteiger charge is 2.28. The predicted molar refractivity (Wildman–Crippen MR) is 77.2 cm³/mol. The second-order valence-corrected chi connectivity index (χ2v) is 6.50. The summed E-state index contributed by atoms with van der Waals surface area (Å²) in [6.45, 7) is 5.50. The van der Waals surface area contributed by atoms with Gasteiger partial charge in [-0.3, -0.25) is 0 Å². The van der Waals surface area contributed by atoms with Crippen LogP contribution in [0.1, 0.15) is 38.7 Å². The summed E-state index contributed by atoms with van der Waals surface area (Å²) in [5.74, 6) is -0.166. The minimum absolute atomic E-state index is 0.166. The summed E-state index contributed by atoms with van der Waals surface area (Å²) in [7, 11) is 0. The molecule has 1 nitrogen and oxygen atoms in total. The lowest BCUT2D eigenvalue weighted by molar-refractivity contribution is 0.288. The lowest BCUT2D eigenvalue weighted by Crippen LogP contribution is -2.34. The Morgan fingerprint density at radius 2 is 2.17 bits per heavy atom. The normalized spacial score (nSPS) is 18.7. The number of hydrogen-bond donors (Lipinski definition) is 1. The maximum absolute atomic E-state index is 13.5. The van der Waals surface area contributed by atoms with Crippen LogP contribution in [0.25, 0.3) is 0 Å². The largest absolute Gasteiger partial charge is 0.313 e. The van der Waals surface area contributed by atoms with E-state index in [1.165, 1.54) is 18.9 Å². The summed E-state index contributed by atoms with van der Waals surface area (Å²) in [5.41, 5.74) is 1.26. The third kappa shape index (κ3) is 3.55. The third-order valence-electron chi connectivity index (χ3n) is 3.90. The van der Waals surface area contributed by atoms with E-state index in [0.29, 0.717) is 4.47 Å². The van der Waals surface area contributed by atoms with Gasteiger partial charge in [0.25, 0.3) is 0 Å². The molecule has 1 aromatic carbocycles. The first kappa shape index (κ1) is 14.0. The molecule has 0 radical (unpaired) electrons. The van der Waals surface area contributed by atoms with Crippen LogP contribution < -0.4 is 5.32 Å². The maximum Gasteiger partial charge on any atom is 0.137 e. The van der Waals surface area contributed by atoms with Gasteiger partial charge in [-0.15, -0.1) is 0 Å². The molecule has 100 valence electrons. The third-order valence-corrected chi connectivity index (χ3v) is 4.79. The van der Waals surface area contributed by atoms with Crippen molar-refractivity contribution in [3.8, 4) is 0 Å². The molecule has 0 aliphatic heterocycles. The van der Waals surface area contributed by atoms with E-state index in [9.17, 15) is 4.39 Å². The first-order valence-electron chi connectivity index (χ1n) is 6.70. The van der Waals surface area contributed by atoms with Crippen molar-refractivity contribution in [2.75, 3.05) is 6.54 Å². The van der Waals surface area contributed by atoms with E-state index in [1.54, 1.807) is 6.07 Å². The molecule has 0 amide bonds. The summed E-state index contributed by atoms with van der Waals surface area (Å²) in [5, 5.41) is 3.59. The molecule has 0 heterocycles. The van der Waals surface area contributed by atoms with Gasteiger partial charge in [-0.25, -0.2) is 4.39 Å². The smallest absolute Gasteiger partial charge is 0.137 e. The molecule has 3 heteroatoms. The van der Waals surface area contributed by atoms with E-state index in [2.05, 4.69) is 35.1 Å². The highest BCUT2D eigenvalue weighted by atomic mass is 79.9. The average Bonchev–Trinajstić information content (AvgIpc) is 3.17. The molecule has 1 atom stereocenters. The van der Waals surface area contributed by atoms with Crippen LogP contribution in [-0.2, 0) is 6.42 Å². The van der Waals surface area contributed by atoms with Crippen LogP contribution in [0.2, 0.25) is 0 Å². The molecule has 0 saturated heterocycles. The van der Waals surface area contributed by atoms with Crippen molar-refractivity contribution >= 4 is 15.9 Å². The Balaban J connectivity index is 2.05. The molecule has 1 aliphatic rings. The van der Waals surface area contributed by atoms with Crippen molar-refractivity contribution in [1.29, 1.82) is 0 Å². The van der Waals surface area contributed by atoms with Crippen molar-refractivity contribution in [1.82, 2.24) is 5.32 Å². The van der Waals surface area contributed by atoms with Crippen molar-refractivity contribution in [2.45, 2.75) is 45.6 Å². The predicted octanol–water partition coefficient (Wildman–Crippen LogP) is 4.30. The first-order chi connectivity index (χ1) is 8.54. The molecule has 1 fully saturated rings. The number of benzene rings is 1. The lowest BCUT2D eigenvalue weighted by atomic mass is 9.81. The van der Waals surface area contributed by atoms with Crippen LogP contribution in [0.3, 0.4) is 0 Å². The van der Waals surface area contributed by atoms with E-state index < -0.39 is 0 Å². The molecule has 1 aliphatic carbocycles. The number of rotatable bonds is 6. The van der Waals surface area contributed by atoms with E-state index in [4.69, 9.17) is 0 Å². The molecular formula is C15H21BrFN. The Bertz CT molecular complexity index is 417. The van der Waals surface area contributed by atoms with Gasteiger partial charge < -0.3 is 5.32 Å². The summed E-state index contributed by atoms with van der Waals surface area (Å²) in [6, 6.07) is 6.03. The van der Waals surface area contributed by atoms with E-state index >= 15 is 0 Å². The van der Waals surface area contributed by atoms with Crippen LogP contribution in [0.4, 0.5) is 4.39 Å². The molecule has 1 unspecified atom stereocenters. The zero-order valence-corrected chi connectivity index (χ0v) is 12.7. The van der Waals surface area contributed by atoms with Gasteiger partial charge >= 0.3 is 0 Å². The van der Waals surface area contributed by atoms with Gasteiger partial charge in [0.2, 0.25) is 0 Å². The van der Waals surface area contributed by atoms with Crippen molar-refractivity contribution < 1.29 is 4.39 Å². The van der Waals surface area contributed by atoms with Crippen molar-refractivity contribution in [3.05, 3.63) is 34.1 Å². The van der Waals surface area contributed by atoms with Gasteiger partial charge in [-0.1, -0.05) is 26.0 Å². The minimum atomic E-state index is -0.166. The Morgan fingerprint density at radius 3 is 2.78 bits per heavy atom. The zero-order valence-electron chi connectivity index (χ0n) is 11.1. The topological polar surface area (TPSA) is 12.0 Å². The fourth-order valence-electron chi connectivity index (χ4n) is 2.14. The second kappa shape index (κ2) is 5.70. The van der Waals surface area contributed by atoms with Crippen LogP contribution in [0.15, 0.2) is 22.7 Å². The highest BCUT2D eigenvalue weighted by Crippen LogP contribution is 2.31. The fourth-order valence-corrected chi connectivity index (χ4v) is 2.54. The molecule has 0 spiro atoms. The Kier molecular flexibility index (Phi) is 4.44. The van der Waals surface area contributed by atoms with Gasteiger partial charge in [0, 0.05) is 12.6 Å². The van der Waals surface area contributed by atoms with E-state index in [-0.39, 0.29) is 11.2 Å². The van der Waals surface area contributed by atoms with Crippen molar-refractivity contribution in [3.63, 3.8) is 0 Å². The summed E-state index contributed by atoms with van der Waals surface area (Å²) < 4.78 is 14.1. The average molecular weight is 314 g/mol. The van der Waals surface area contributed by atoms with Crippen LogP contribution in [0, 0.1) is 11.2 Å². The Hall–Kier alpha value is -0.410. The number of halogens is 2. The summed E-state index contributed by atoms with van der Waals surface area (Å²) in [4.78, 5) is 0. The summed E-state index contributed by atoms with van der Waals surface area (Å²) >= 11 is 3.36. The fraction of sp³-hybridized carbons (Fsp3) is 0.600. The van der Waals surface area contributed by atoms with Gasteiger partial charge in [-0.2, -0.15) is 0 Å². The quantitative estimate of drug-likeness (QED) is 0.825. The standard InChI is InChI=1S/C15H21BrFN/c1-3-15(2,10-18-12-7-8-12)9-11-5-4-6-13(17)14(11)16/h4-6,12,18H,3,7-10H2,1-2H3. The zero-order chi connectivity index (χ0) is 13.2. The Morgan fingerprint density at radius 1 is 1.44 bits per heavy atom. The van der Waals surface area contributed by atoms with Crippen LogP contribution in [-0.4, -0.2) is 12.6 Å². The molecule has 1 N–H and O–H groups in total. The lowest BCUT2D eigenvalue weighted by Gasteiger charge is -2.29. The number of nitrogens with one attached hydrogen (secondary N) is 1. The van der Waals surface area contributed by atoms with Gasteiger partial charge in [0.15, 0.2) is 0 Å². The molecule has 1 aromatic rings. The minimum Gasteiger partial charge on any atom is -0.313 e. The van der Waals surface area contributed by atoms with E-state index in [1.807, 2.05) is 6.07 Å². The second-order valence-electron chi connectivity index (χ2n) is 5.71. The SMILES string of the molecule is CCC(C)(CNC1CC1)Cc1cccc(F)c1Br. The van der Waals surface area contributed by atoms with Crippen molar-refractivity contribution in [2.24, 2.45) is 5.41 Å². The molecule has 0 bridgehead atoms.